The molecule has 0 aliphatic rings. The average Bonchev–Trinajstić information content (AvgIpc) is 3.34. The molecule has 2 heterocycles. The molecule has 0 spiro atoms. The van der Waals surface area contributed by atoms with Gasteiger partial charge in [-0.05, 0) is 12.1 Å². The molecule has 160 valence electrons. The number of nitrogens with zero attached hydrogens (tertiary/aromatic N) is 3. The number of benzene rings is 2. The summed E-state index contributed by atoms with van der Waals surface area (Å²) in [6.45, 7) is 6.06. The van der Waals surface area contributed by atoms with Gasteiger partial charge in [0, 0.05) is 29.7 Å². The van der Waals surface area contributed by atoms with E-state index in [0.717, 1.165) is 5.69 Å². The lowest BCUT2D eigenvalue weighted by Crippen LogP contribution is -2.16. The maximum Gasteiger partial charge on any atom is 0.284 e. The number of hydrogen-bond acceptors (Lipinski definition) is 5. The minimum atomic E-state index is -4.05. The summed E-state index contributed by atoms with van der Waals surface area (Å²) < 4.78 is 36.8. The number of nitrogens with one attached hydrogen (secondary N) is 1. The van der Waals surface area contributed by atoms with E-state index in [1.165, 1.54) is 4.68 Å². The first-order chi connectivity index (χ1) is 14.6. The molecule has 2 aromatic heterocycles. The van der Waals surface area contributed by atoms with Crippen LogP contribution in [0.4, 0.5) is 5.82 Å². The van der Waals surface area contributed by atoms with Gasteiger partial charge in [-0.1, -0.05) is 69.3 Å². The molecule has 0 aliphatic carbocycles. The smallest absolute Gasteiger partial charge is 0.284 e. The Hall–Kier alpha value is -3.39. The van der Waals surface area contributed by atoms with E-state index < -0.39 is 10.0 Å². The molecule has 0 bridgehead atoms. The third-order valence-electron chi connectivity index (χ3n) is 4.79. The Balaban J connectivity index is 1.81. The molecule has 0 radical (unpaired) electrons. The zero-order valence-corrected chi connectivity index (χ0v) is 18.6. The molecular formula is C23H24N4O3S. The average molecular weight is 437 g/mol. The van der Waals surface area contributed by atoms with Crippen LogP contribution in [0.3, 0.4) is 0 Å². The Morgan fingerprint density at radius 2 is 1.52 bits per heavy atom. The lowest BCUT2D eigenvalue weighted by Gasteiger charge is -2.13. The van der Waals surface area contributed by atoms with Gasteiger partial charge in [-0.2, -0.15) is 18.5 Å². The van der Waals surface area contributed by atoms with Crippen molar-refractivity contribution in [1.29, 1.82) is 0 Å². The Morgan fingerprint density at radius 1 is 0.935 bits per heavy atom. The summed E-state index contributed by atoms with van der Waals surface area (Å²) in [4.78, 5) is 4.36. The second kappa shape index (κ2) is 7.70. The zero-order chi connectivity index (χ0) is 22.2. The van der Waals surface area contributed by atoms with Gasteiger partial charge in [0.2, 0.25) is 10.9 Å². The molecule has 7 nitrogen and oxygen atoms in total. The van der Waals surface area contributed by atoms with Crippen molar-refractivity contribution in [1.82, 2.24) is 14.8 Å². The van der Waals surface area contributed by atoms with Gasteiger partial charge in [0.05, 0.1) is 5.69 Å². The third-order valence-corrected chi connectivity index (χ3v) is 6.06. The Labute approximate surface area is 181 Å². The second-order valence-corrected chi connectivity index (χ2v) is 9.88. The summed E-state index contributed by atoms with van der Waals surface area (Å²) in [5.74, 6) is 0.776. The van der Waals surface area contributed by atoms with E-state index in [1.54, 1.807) is 25.2 Å². The molecule has 8 heteroatoms. The first-order valence-corrected chi connectivity index (χ1v) is 11.3. The summed E-state index contributed by atoms with van der Waals surface area (Å²) >= 11 is 0. The molecule has 0 saturated carbocycles. The van der Waals surface area contributed by atoms with Crippen LogP contribution in [-0.2, 0) is 22.5 Å². The third kappa shape index (κ3) is 4.25. The van der Waals surface area contributed by atoms with Crippen LogP contribution < -0.4 is 4.72 Å². The first-order valence-electron chi connectivity index (χ1n) is 9.84. The van der Waals surface area contributed by atoms with Crippen molar-refractivity contribution < 1.29 is 12.8 Å². The van der Waals surface area contributed by atoms with Gasteiger partial charge in [-0.25, -0.2) is 0 Å². The molecule has 0 saturated heterocycles. The topological polar surface area (TPSA) is 90.0 Å². The SMILES string of the molecule is Cn1nc(C(C)(C)C)cc1NS(=O)(=O)c1nc(-c2ccccc2)oc1-c1ccccc1. The summed E-state index contributed by atoms with van der Waals surface area (Å²) in [6, 6.07) is 20.0. The molecule has 2 aromatic carbocycles. The lowest BCUT2D eigenvalue weighted by atomic mass is 9.92. The van der Waals surface area contributed by atoms with Gasteiger partial charge in [-0.3, -0.25) is 9.40 Å². The van der Waals surface area contributed by atoms with Crippen LogP contribution >= 0.6 is 0 Å². The molecule has 0 fully saturated rings. The number of oxazole rings is 1. The lowest BCUT2D eigenvalue weighted by molar-refractivity contribution is 0.553. The van der Waals surface area contributed by atoms with Crippen LogP contribution in [0.25, 0.3) is 22.8 Å². The van der Waals surface area contributed by atoms with Gasteiger partial charge in [-0.15, -0.1) is 0 Å². The number of sulfonamides is 1. The highest BCUT2D eigenvalue weighted by Gasteiger charge is 2.29. The van der Waals surface area contributed by atoms with E-state index in [2.05, 4.69) is 14.8 Å². The van der Waals surface area contributed by atoms with Gasteiger partial charge in [0.1, 0.15) is 5.82 Å². The summed E-state index contributed by atoms with van der Waals surface area (Å²) in [5.41, 5.74) is 1.88. The summed E-state index contributed by atoms with van der Waals surface area (Å²) in [5, 5.41) is 4.27. The molecule has 0 amide bonds. The first kappa shape index (κ1) is 20.9. The molecule has 4 rings (SSSR count). The fourth-order valence-electron chi connectivity index (χ4n) is 3.08. The van der Waals surface area contributed by atoms with E-state index in [9.17, 15) is 8.42 Å². The maximum atomic E-state index is 13.4. The van der Waals surface area contributed by atoms with Crippen LogP contribution in [0.5, 0.6) is 0 Å². The van der Waals surface area contributed by atoms with E-state index in [-0.39, 0.29) is 22.1 Å². The van der Waals surface area contributed by atoms with Crippen LogP contribution in [0.15, 0.2) is 76.2 Å². The quantitative estimate of drug-likeness (QED) is 0.483. The van der Waals surface area contributed by atoms with E-state index in [4.69, 9.17) is 4.42 Å². The van der Waals surface area contributed by atoms with E-state index in [1.807, 2.05) is 69.3 Å². The fourth-order valence-corrected chi connectivity index (χ4v) is 4.25. The van der Waals surface area contributed by atoms with Gasteiger partial charge in [0.15, 0.2) is 5.76 Å². The number of hydrogen-bond donors (Lipinski definition) is 1. The molecule has 0 unspecified atom stereocenters. The molecule has 0 atom stereocenters. The standard InChI is InChI=1S/C23H24N4O3S/c1-23(2,3)18-15-19(27(4)25-18)26-31(28,29)22-20(16-11-7-5-8-12-16)30-21(24-22)17-13-9-6-10-14-17/h5-15,26H,1-4H3. The summed E-state index contributed by atoms with van der Waals surface area (Å²) in [6.07, 6.45) is 0. The fraction of sp³-hybridized carbons (Fsp3) is 0.217. The number of anilines is 1. The summed E-state index contributed by atoms with van der Waals surface area (Å²) in [7, 11) is -2.35. The molecule has 31 heavy (non-hydrogen) atoms. The van der Waals surface area contributed by atoms with Crippen LogP contribution in [0.1, 0.15) is 26.5 Å². The van der Waals surface area contributed by atoms with E-state index >= 15 is 0 Å². The maximum absolute atomic E-state index is 13.4. The molecule has 0 aliphatic heterocycles. The van der Waals surface area contributed by atoms with Gasteiger partial charge < -0.3 is 4.42 Å². The number of rotatable bonds is 5. The van der Waals surface area contributed by atoms with Crippen molar-refractivity contribution in [2.45, 2.75) is 31.2 Å². The van der Waals surface area contributed by atoms with Crippen LogP contribution in [-0.4, -0.2) is 23.2 Å². The minimum absolute atomic E-state index is 0.170. The predicted octanol–water partition coefficient (Wildman–Crippen LogP) is 4.84. The second-order valence-electron chi connectivity index (χ2n) is 8.28. The van der Waals surface area contributed by atoms with Gasteiger partial charge >= 0.3 is 0 Å². The van der Waals surface area contributed by atoms with Gasteiger partial charge in [0.25, 0.3) is 10.0 Å². The Kier molecular flexibility index (Phi) is 5.18. The zero-order valence-electron chi connectivity index (χ0n) is 17.8. The van der Waals surface area contributed by atoms with Crippen molar-refractivity contribution in [2.24, 2.45) is 7.05 Å². The van der Waals surface area contributed by atoms with Crippen molar-refractivity contribution in [3.8, 4) is 22.8 Å². The number of aromatic nitrogens is 3. The van der Waals surface area contributed by atoms with Crippen molar-refractivity contribution in [3.63, 3.8) is 0 Å². The highest BCUT2D eigenvalue weighted by molar-refractivity contribution is 7.92. The Bertz CT molecular complexity index is 1300. The van der Waals surface area contributed by atoms with Crippen molar-refractivity contribution >= 4 is 15.8 Å². The Morgan fingerprint density at radius 3 is 2.06 bits per heavy atom. The molecule has 4 aromatic rings. The normalized spacial score (nSPS) is 12.1. The monoisotopic (exact) mass is 436 g/mol. The minimum Gasteiger partial charge on any atom is -0.435 e. The largest absolute Gasteiger partial charge is 0.435 e. The van der Waals surface area contributed by atoms with Crippen LogP contribution in [0, 0.1) is 0 Å². The predicted molar refractivity (Wildman–Crippen MR) is 120 cm³/mol. The number of aryl methyl sites for hydroxylation is 1. The highest BCUT2D eigenvalue weighted by atomic mass is 32.2. The molecule has 1 N–H and O–H groups in total. The van der Waals surface area contributed by atoms with Crippen LogP contribution in [0.2, 0.25) is 0 Å². The molecular weight excluding hydrogens is 412 g/mol. The van der Waals surface area contributed by atoms with E-state index in [0.29, 0.717) is 16.9 Å². The van der Waals surface area contributed by atoms with Crippen molar-refractivity contribution in [3.05, 3.63) is 72.4 Å². The van der Waals surface area contributed by atoms with Crippen molar-refractivity contribution in [2.75, 3.05) is 4.72 Å². The highest BCUT2D eigenvalue weighted by Crippen LogP contribution is 2.33.